The van der Waals surface area contributed by atoms with Gasteiger partial charge in [0, 0.05) is 0 Å². The van der Waals surface area contributed by atoms with E-state index in [1.807, 2.05) is 0 Å². The van der Waals surface area contributed by atoms with E-state index in [9.17, 15) is 9.18 Å². The smallest absolute Gasteiger partial charge is 0.309 e. The summed E-state index contributed by atoms with van der Waals surface area (Å²) in [5.41, 5.74) is 0. The van der Waals surface area contributed by atoms with Crippen molar-refractivity contribution in [2.45, 2.75) is 6.92 Å². The standard InChI is InChI=1S/C10H11FO3/c1-7(10(12)13)6-14-9-4-2-8(11)3-5-9/h2-5,7H,6H2,1H3,(H,12,13). The molecule has 0 aliphatic carbocycles. The maximum absolute atomic E-state index is 12.5. The number of halogens is 1. The lowest BCUT2D eigenvalue weighted by molar-refractivity contribution is -0.142. The molecule has 0 aliphatic heterocycles. The zero-order valence-electron chi connectivity index (χ0n) is 7.74. The zero-order chi connectivity index (χ0) is 10.6. The average molecular weight is 198 g/mol. The molecule has 4 heteroatoms. The third-order valence-electron chi connectivity index (χ3n) is 1.74. The number of rotatable bonds is 4. The number of ether oxygens (including phenoxy) is 1. The Balaban J connectivity index is 2.46. The fourth-order valence-electron chi connectivity index (χ4n) is 0.823. The highest BCUT2D eigenvalue weighted by atomic mass is 19.1. The molecule has 0 saturated heterocycles. The molecule has 76 valence electrons. The molecule has 0 saturated carbocycles. The SMILES string of the molecule is CC(COc1ccc(F)cc1)C(=O)O. The van der Waals surface area contributed by atoms with Crippen LogP contribution in [-0.4, -0.2) is 17.7 Å². The lowest BCUT2D eigenvalue weighted by atomic mass is 10.2. The van der Waals surface area contributed by atoms with Crippen molar-refractivity contribution in [1.29, 1.82) is 0 Å². The minimum absolute atomic E-state index is 0.0843. The van der Waals surface area contributed by atoms with Crippen LogP contribution in [0.1, 0.15) is 6.92 Å². The minimum Gasteiger partial charge on any atom is -0.493 e. The van der Waals surface area contributed by atoms with Gasteiger partial charge in [0.25, 0.3) is 0 Å². The predicted molar refractivity (Wildman–Crippen MR) is 48.7 cm³/mol. The Morgan fingerprint density at radius 2 is 2.07 bits per heavy atom. The number of hydrogen-bond donors (Lipinski definition) is 1. The van der Waals surface area contributed by atoms with Crippen LogP contribution in [0.2, 0.25) is 0 Å². The maximum Gasteiger partial charge on any atom is 0.309 e. The summed E-state index contributed by atoms with van der Waals surface area (Å²) in [6, 6.07) is 5.45. The number of carboxylic acid groups (broad SMARTS) is 1. The van der Waals surface area contributed by atoms with Crippen LogP contribution in [0.15, 0.2) is 24.3 Å². The van der Waals surface area contributed by atoms with E-state index in [1.54, 1.807) is 6.92 Å². The molecule has 3 nitrogen and oxygen atoms in total. The van der Waals surface area contributed by atoms with Gasteiger partial charge in [0.2, 0.25) is 0 Å². The molecule has 1 rings (SSSR count). The summed E-state index contributed by atoms with van der Waals surface area (Å²) in [7, 11) is 0. The topological polar surface area (TPSA) is 46.5 Å². The van der Waals surface area contributed by atoms with Gasteiger partial charge in [0.05, 0.1) is 5.92 Å². The van der Waals surface area contributed by atoms with Gasteiger partial charge < -0.3 is 9.84 Å². The van der Waals surface area contributed by atoms with Crippen molar-refractivity contribution in [2.75, 3.05) is 6.61 Å². The summed E-state index contributed by atoms with van der Waals surface area (Å²) in [6.07, 6.45) is 0. The summed E-state index contributed by atoms with van der Waals surface area (Å²) in [5.74, 6) is -1.35. The Kier molecular flexibility index (Phi) is 3.45. The Morgan fingerprint density at radius 1 is 1.50 bits per heavy atom. The first-order valence-corrected chi connectivity index (χ1v) is 4.21. The molecule has 0 aliphatic rings. The zero-order valence-corrected chi connectivity index (χ0v) is 7.74. The highest BCUT2D eigenvalue weighted by Crippen LogP contribution is 2.12. The van der Waals surface area contributed by atoms with Crippen LogP contribution in [0.25, 0.3) is 0 Å². The summed E-state index contributed by atoms with van der Waals surface area (Å²) >= 11 is 0. The normalized spacial score (nSPS) is 12.1. The first kappa shape index (κ1) is 10.5. The largest absolute Gasteiger partial charge is 0.493 e. The molecule has 0 radical (unpaired) electrons. The van der Waals surface area contributed by atoms with Crippen LogP contribution in [0.3, 0.4) is 0 Å². The summed E-state index contributed by atoms with van der Waals surface area (Å²) in [5, 5.41) is 8.56. The van der Waals surface area contributed by atoms with E-state index >= 15 is 0 Å². The van der Waals surface area contributed by atoms with Crippen molar-refractivity contribution < 1.29 is 19.0 Å². The van der Waals surface area contributed by atoms with Gasteiger partial charge in [0.15, 0.2) is 0 Å². The molecule has 0 aromatic heterocycles. The molecule has 1 N–H and O–H groups in total. The van der Waals surface area contributed by atoms with Crippen molar-refractivity contribution in [2.24, 2.45) is 5.92 Å². The third kappa shape index (κ3) is 3.05. The van der Waals surface area contributed by atoms with Crippen LogP contribution < -0.4 is 4.74 Å². The number of carboxylic acids is 1. The van der Waals surface area contributed by atoms with E-state index in [-0.39, 0.29) is 12.4 Å². The van der Waals surface area contributed by atoms with Crippen LogP contribution in [0, 0.1) is 11.7 Å². The molecule has 1 unspecified atom stereocenters. The molecule has 1 aromatic carbocycles. The van der Waals surface area contributed by atoms with Crippen molar-refractivity contribution in [1.82, 2.24) is 0 Å². The van der Waals surface area contributed by atoms with E-state index in [1.165, 1.54) is 24.3 Å². The molecular formula is C10H11FO3. The molecule has 0 fully saturated rings. The van der Waals surface area contributed by atoms with E-state index in [4.69, 9.17) is 9.84 Å². The fraction of sp³-hybridized carbons (Fsp3) is 0.300. The van der Waals surface area contributed by atoms with Crippen molar-refractivity contribution >= 4 is 5.97 Å². The molecule has 0 amide bonds. The van der Waals surface area contributed by atoms with Crippen LogP contribution in [0.4, 0.5) is 4.39 Å². The quantitative estimate of drug-likeness (QED) is 0.804. The molecule has 0 bridgehead atoms. The molecule has 0 heterocycles. The van der Waals surface area contributed by atoms with Gasteiger partial charge in [-0.15, -0.1) is 0 Å². The van der Waals surface area contributed by atoms with Crippen LogP contribution >= 0.6 is 0 Å². The Hall–Kier alpha value is -1.58. The van der Waals surface area contributed by atoms with Crippen molar-refractivity contribution in [3.8, 4) is 5.75 Å². The van der Waals surface area contributed by atoms with Gasteiger partial charge in [-0.2, -0.15) is 0 Å². The molecule has 14 heavy (non-hydrogen) atoms. The fourth-order valence-corrected chi connectivity index (χ4v) is 0.823. The highest BCUT2D eigenvalue weighted by molar-refractivity contribution is 5.69. The van der Waals surface area contributed by atoms with E-state index in [0.29, 0.717) is 5.75 Å². The van der Waals surface area contributed by atoms with Gasteiger partial charge >= 0.3 is 5.97 Å². The van der Waals surface area contributed by atoms with Gasteiger partial charge in [-0.05, 0) is 31.2 Å². The lowest BCUT2D eigenvalue weighted by Gasteiger charge is -2.08. The van der Waals surface area contributed by atoms with E-state index < -0.39 is 11.9 Å². The Bertz CT molecular complexity index is 308. The molecule has 1 aromatic rings. The van der Waals surface area contributed by atoms with Gasteiger partial charge in [-0.1, -0.05) is 0 Å². The second-order valence-electron chi connectivity index (χ2n) is 3.00. The minimum atomic E-state index is -0.910. The number of hydrogen-bond acceptors (Lipinski definition) is 2. The Labute approximate surface area is 81.1 Å². The average Bonchev–Trinajstić information content (AvgIpc) is 2.16. The monoisotopic (exact) mass is 198 g/mol. The van der Waals surface area contributed by atoms with E-state index in [0.717, 1.165) is 0 Å². The number of aliphatic carboxylic acids is 1. The first-order chi connectivity index (χ1) is 6.59. The lowest BCUT2D eigenvalue weighted by Crippen LogP contribution is -2.17. The summed E-state index contributed by atoms with van der Waals surface area (Å²) in [4.78, 5) is 10.4. The number of carbonyl (C=O) groups is 1. The van der Waals surface area contributed by atoms with Crippen molar-refractivity contribution in [3.63, 3.8) is 0 Å². The molecule has 0 spiro atoms. The summed E-state index contributed by atoms with van der Waals surface area (Å²) in [6.45, 7) is 1.63. The van der Waals surface area contributed by atoms with Gasteiger partial charge in [0.1, 0.15) is 18.2 Å². The molecular weight excluding hydrogens is 187 g/mol. The molecule has 1 atom stereocenters. The van der Waals surface area contributed by atoms with Crippen molar-refractivity contribution in [3.05, 3.63) is 30.1 Å². The van der Waals surface area contributed by atoms with Gasteiger partial charge in [-0.25, -0.2) is 4.39 Å². The van der Waals surface area contributed by atoms with Crippen LogP contribution in [0.5, 0.6) is 5.75 Å². The second kappa shape index (κ2) is 4.60. The van der Waals surface area contributed by atoms with Gasteiger partial charge in [-0.3, -0.25) is 4.79 Å². The van der Waals surface area contributed by atoms with E-state index in [2.05, 4.69) is 0 Å². The van der Waals surface area contributed by atoms with Crippen LogP contribution in [-0.2, 0) is 4.79 Å². The third-order valence-corrected chi connectivity index (χ3v) is 1.74. The predicted octanol–water partition coefficient (Wildman–Crippen LogP) is 1.93. The maximum atomic E-state index is 12.5. The highest BCUT2D eigenvalue weighted by Gasteiger charge is 2.11. The second-order valence-corrected chi connectivity index (χ2v) is 3.00. The Morgan fingerprint density at radius 3 is 2.57 bits per heavy atom. The first-order valence-electron chi connectivity index (χ1n) is 4.21. The number of benzene rings is 1. The summed E-state index contributed by atoms with van der Waals surface area (Å²) < 4.78 is 17.6.